The second-order valence-electron chi connectivity index (χ2n) is 5.72. The molecular weight excluding hydrogens is 275 g/mol. The van der Waals surface area contributed by atoms with E-state index in [1.807, 2.05) is 0 Å². The first-order chi connectivity index (χ1) is 9.68. The van der Waals surface area contributed by atoms with Crippen LogP contribution in [0.4, 0.5) is 0 Å². The molecule has 3 nitrogen and oxygen atoms in total. The van der Waals surface area contributed by atoms with Gasteiger partial charge in [-0.1, -0.05) is 77.6 Å². The number of carbonyl (C=O) groups is 1. The number of carboxylic acid groups (broad SMARTS) is 1. The van der Waals surface area contributed by atoms with E-state index in [-0.39, 0.29) is 29.6 Å². The molecule has 120 valence electrons. The van der Waals surface area contributed by atoms with Crippen LogP contribution in [-0.2, 0) is 9.53 Å². The van der Waals surface area contributed by atoms with Crippen LogP contribution in [0.15, 0.2) is 0 Å². The van der Waals surface area contributed by atoms with Gasteiger partial charge in [-0.25, -0.2) is 0 Å². The summed E-state index contributed by atoms with van der Waals surface area (Å²) in [6.07, 6.45) is 14.9. The average Bonchev–Trinajstić information content (AvgIpc) is 2.43. The monoisotopic (exact) mass is 308 g/mol. The van der Waals surface area contributed by atoms with Crippen molar-refractivity contribution >= 4 is 5.97 Å². The van der Waals surface area contributed by atoms with Crippen LogP contribution in [0, 0.1) is 0 Å². The van der Waals surface area contributed by atoms with Crippen LogP contribution in [-0.4, -0.2) is 18.7 Å². The molecule has 0 aromatic rings. The van der Waals surface area contributed by atoms with Gasteiger partial charge in [0.25, 0.3) is 0 Å². The summed E-state index contributed by atoms with van der Waals surface area (Å²) in [6, 6.07) is 0. The van der Waals surface area contributed by atoms with Crippen molar-refractivity contribution in [3.05, 3.63) is 0 Å². The van der Waals surface area contributed by atoms with Gasteiger partial charge < -0.3 is 14.6 Å². The Hall–Kier alpha value is 0.430. The van der Waals surface area contributed by atoms with Gasteiger partial charge in [0.1, 0.15) is 0 Å². The Bertz CT molecular complexity index is 222. The second-order valence-corrected chi connectivity index (χ2v) is 5.72. The van der Waals surface area contributed by atoms with E-state index in [9.17, 15) is 9.90 Å². The van der Waals surface area contributed by atoms with Crippen LogP contribution in [0.2, 0.25) is 0 Å². The van der Waals surface area contributed by atoms with Gasteiger partial charge in [0.05, 0.1) is 12.1 Å². The number of unbranched alkanes of at least 4 members (excludes halogenated alkanes) is 11. The first-order valence-electron chi connectivity index (χ1n) is 8.51. The Morgan fingerprint density at radius 2 is 1.24 bits per heavy atom. The topological polar surface area (TPSA) is 49.4 Å². The van der Waals surface area contributed by atoms with Crippen molar-refractivity contribution in [1.82, 2.24) is 0 Å². The van der Waals surface area contributed by atoms with Gasteiger partial charge in [0.15, 0.2) is 0 Å². The molecule has 0 spiro atoms. The molecule has 0 aliphatic carbocycles. The Balaban J connectivity index is 0. The summed E-state index contributed by atoms with van der Waals surface area (Å²) < 4.78 is 5.13. The van der Waals surface area contributed by atoms with E-state index in [0.717, 1.165) is 12.8 Å². The largest absolute Gasteiger partial charge is 1.00 e. The van der Waals surface area contributed by atoms with Crippen LogP contribution in [0.1, 0.15) is 90.9 Å². The molecular formula is C17H33NaO3. The molecule has 0 aliphatic rings. The number of rotatable bonds is 15. The normalized spacial score (nSPS) is 11.9. The Labute approximate surface area is 153 Å². The molecule has 4 heteroatoms. The van der Waals surface area contributed by atoms with Crippen LogP contribution >= 0.6 is 0 Å². The average molecular weight is 308 g/mol. The quantitative estimate of drug-likeness (QED) is 0.333. The van der Waals surface area contributed by atoms with Crippen LogP contribution < -0.4 is 34.7 Å². The molecule has 0 radical (unpaired) electrons. The number of ether oxygens (including phenoxy) is 1. The molecule has 0 fully saturated rings. The molecule has 0 aromatic carbocycles. The first kappa shape index (κ1) is 23.7. The molecule has 0 rings (SSSR count). The van der Waals surface area contributed by atoms with Gasteiger partial charge >= 0.3 is 29.6 Å². The Morgan fingerprint density at radius 3 is 1.62 bits per heavy atom. The van der Waals surface area contributed by atoms with Gasteiger partial charge in [0, 0.05) is 6.61 Å². The predicted octanol–water partition coefficient (Wildman–Crippen LogP) is 0.847. The number of carbonyl (C=O) groups excluding carboxylic acids is 1. The van der Waals surface area contributed by atoms with Crippen LogP contribution in [0.25, 0.3) is 0 Å². The zero-order valence-corrected chi connectivity index (χ0v) is 16.5. The third kappa shape index (κ3) is 18.4. The summed E-state index contributed by atoms with van der Waals surface area (Å²) in [5, 5.41) is 10.4. The van der Waals surface area contributed by atoms with Crippen molar-refractivity contribution in [3.63, 3.8) is 0 Å². The van der Waals surface area contributed by atoms with Crippen LogP contribution in [0.3, 0.4) is 0 Å². The van der Waals surface area contributed by atoms with E-state index in [4.69, 9.17) is 4.74 Å². The van der Waals surface area contributed by atoms with Gasteiger partial charge in [-0.15, -0.1) is 0 Å². The molecule has 0 saturated carbocycles. The number of carboxylic acids is 1. The predicted molar refractivity (Wildman–Crippen MR) is 81.5 cm³/mol. The SMILES string of the molecule is CCCCCCCCCCCCCCOC(C)C(=O)[O-].[Na+]. The number of aliphatic carboxylic acids is 1. The second kappa shape index (κ2) is 18.5. The summed E-state index contributed by atoms with van der Waals surface area (Å²) in [6.45, 7) is 4.31. The van der Waals surface area contributed by atoms with Crippen molar-refractivity contribution < 1.29 is 44.2 Å². The number of hydrogen-bond donors (Lipinski definition) is 0. The fraction of sp³-hybridized carbons (Fsp3) is 0.941. The van der Waals surface area contributed by atoms with Crippen molar-refractivity contribution in [1.29, 1.82) is 0 Å². The first-order valence-corrected chi connectivity index (χ1v) is 8.51. The zero-order valence-electron chi connectivity index (χ0n) is 14.5. The molecule has 0 bridgehead atoms. The molecule has 0 aliphatic heterocycles. The van der Waals surface area contributed by atoms with E-state index >= 15 is 0 Å². The fourth-order valence-corrected chi connectivity index (χ4v) is 2.27. The summed E-state index contributed by atoms with van der Waals surface area (Å²) in [5.41, 5.74) is 0. The summed E-state index contributed by atoms with van der Waals surface area (Å²) in [5.74, 6) is -1.12. The van der Waals surface area contributed by atoms with Gasteiger partial charge in [-0.05, 0) is 13.3 Å². The molecule has 0 N–H and O–H groups in total. The minimum atomic E-state index is -1.12. The van der Waals surface area contributed by atoms with E-state index in [1.165, 1.54) is 71.1 Å². The molecule has 1 unspecified atom stereocenters. The molecule has 21 heavy (non-hydrogen) atoms. The molecule has 0 heterocycles. The van der Waals surface area contributed by atoms with Crippen LogP contribution in [0.5, 0.6) is 0 Å². The van der Waals surface area contributed by atoms with E-state index in [1.54, 1.807) is 0 Å². The zero-order chi connectivity index (χ0) is 15.1. The summed E-state index contributed by atoms with van der Waals surface area (Å²) >= 11 is 0. The minimum absolute atomic E-state index is 0. The minimum Gasteiger partial charge on any atom is -0.547 e. The molecule has 1 atom stereocenters. The smallest absolute Gasteiger partial charge is 0.547 e. The third-order valence-corrected chi connectivity index (χ3v) is 3.70. The number of hydrogen-bond acceptors (Lipinski definition) is 3. The van der Waals surface area contributed by atoms with Gasteiger partial charge in [0.2, 0.25) is 0 Å². The Morgan fingerprint density at radius 1 is 0.857 bits per heavy atom. The summed E-state index contributed by atoms with van der Waals surface area (Å²) in [7, 11) is 0. The van der Waals surface area contributed by atoms with Crippen molar-refractivity contribution in [3.8, 4) is 0 Å². The standard InChI is InChI=1S/C17H34O3.Na/c1-3-4-5-6-7-8-9-10-11-12-13-14-15-20-16(2)17(18)19;/h16H,3-15H2,1-2H3,(H,18,19);/q;+1/p-1. The molecule has 0 aromatic heterocycles. The Kier molecular flexibility index (Phi) is 20.8. The van der Waals surface area contributed by atoms with E-state index in [2.05, 4.69) is 6.92 Å². The van der Waals surface area contributed by atoms with Gasteiger partial charge in [-0.3, -0.25) is 0 Å². The summed E-state index contributed by atoms with van der Waals surface area (Å²) in [4.78, 5) is 10.4. The van der Waals surface area contributed by atoms with Gasteiger partial charge in [-0.2, -0.15) is 0 Å². The maximum absolute atomic E-state index is 10.4. The van der Waals surface area contributed by atoms with Crippen molar-refractivity contribution in [2.24, 2.45) is 0 Å². The third-order valence-electron chi connectivity index (χ3n) is 3.70. The maximum atomic E-state index is 10.4. The molecule has 0 saturated heterocycles. The van der Waals surface area contributed by atoms with E-state index < -0.39 is 12.1 Å². The fourth-order valence-electron chi connectivity index (χ4n) is 2.27. The van der Waals surface area contributed by atoms with Crippen molar-refractivity contribution in [2.45, 2.75) is 97.0 Å². The van der Waals surface area contributed by atoms with Crippen molar-refractivity contribution in [2.75, 3.05) is 6.61 Å². The maximum Gasteiger partial charge on any atom is 1.00 e. The van der Waals surface area contributed by atoms with E-state index in [0.29, 0.717) is 6.61 Å². The molecule has 0 amide bonds.